The van der Waals surface area contributed by atoms with Gasteiger partial charge in [-0.3, -0.25) is 9.52 Å². The van der Waals surface area contributed by atoms with E-state index in [1.807, 2.05) is 19.9 Å². The zero-order valence-corrected chi connectivity index (χ0v) is 16.2. The number of anilines is 1. The van der Waals surface area contributed by atoms with Crippen LogP contribution in [0.2, 0.25) is 0 Å². The largest absolute Gasteiger partial charge is 0.383 e. The molecule has 1 unspecified atom stereocenters. The number of aryl methyl sites for hydroxylation is 2. The van der Waals surface area contributed by atoms with Gasteiger partial charge in [0.15, 0.2) is 0 Å². The maximum Gasteiger partial charge on any atom is 0.262 e. The lowest BCUT2D eigenvalue weighted by Crippen LogP contribution is -2.36. The molecule has 1 amide bonds. The Bertz CT molecular complexity index is 894. The number of hydrogen-bond donors (Lipinski definition) is 2. The van der Waals surface area contributed by atoms with Crippen molar-refractivity contribution >= 4 is 21.6 Å². The number of sulfonamides is 1. The van der Waals surface area contributed by atoms with Crippen molar-refractivity contribution in [1.82, 2.24) is 5.32 Å². The summed E-state index contributed by atoms with van der Waals surface area (Å²) in [7, 11) is -2.27. The Morgan fingerprint density at radius 3 is 2.54 bits per heavy atom. The second-order valence-electron chi connectivity index (χ2n) is 6.25. The fourth-order valence-corrected chi connectivity index (χ4v) is 3.97. The van der Waals surface area contributed by atoms with Crippen molar-refractivity contribution in [2.75, 3.05) is 18.4 Å². The van der Waals surface area contributed by atoms with Gasteiger partial charge in [0.25, 0.3) is 15.9 Å². The van der Waals surface area contributed by atoms with Crippen LogP contribution in [0.1, 0.15) is 28.4 Å². The summed E-state index contributed by atoms with van der Waals surface area (Å²) < 4.78 is 33.2. The van der Waals surface area contributed by atoms with Gasteiger partial charge >= 0.3 is 0 Å². The lowest BCUT2D eigenvalue weighted by molar-refractivity contribution is 0.0906. The van der Waals surface area contributed by atoms with Crippen molar-refractivity contribution in [1.29, 1.82) is 0 Å². The van der Waals surface area contributed by atoms with Crippen LogP contribution in [0.5, 0.6) is 0 Å². The molecule has 0 aliphatic rings. The highest BCUT2D eigenvalue weighted by Crippen LogP contribution is 2.23. The number of benzene rings is 2. The van der Waals surface area contributed by atoms with Gasteiger partial charge in [-0.05, 0) is 50.1 Å². The van der Waals surface area contributed by atoms with Gasteiger partial charge in [0, 0.05) is 13.2 Å². The molecule has 2 aromatic carbocycles. The number of methoxy groups -OCH3 is 1. The molecule has 7 heteroatoms. The first kappa shape index (κ1) is 19.9. The fraction of sp³-hybridized carbons (Fsp3) is 0.316. The summed E-state index contributed by atoms with van der Waals surface area (Å²) in [5.74, 6) is -0.367. The highest BCUT2D eigenvalue weighted by molar-refractivity contribution is 7.92. The molecule has 1 atom stereocenters. The molecule has 0 aromatic heterocycles. The summed E-state index contributed by atoms with van der Waals surface area (Å²) in [6.45, 7) is 5.74. The maximum absolute atomic E-state index is 12.8. The van der Waals surface area contributed by atoms with E-state index in [9.17, 15) is 13.2 Å². The zero-order chi connectivity index (χ0) is 19.3. The Morgan fingerprint density at radius 1 is 1.15 bits per heavy atom. The van der Waals surface area contributed by atoms with Gasteiger partial charge < -0.3 is 10.1 Å². The van der Waals surface area contributed by atoms with Gasteiger partial charge in [-0.1, -0.05) is 24.3 Å². The van der Waals surface area contributed by atoms with E-state index in [0.717, 1.165) is 5.56 Å². The average molecular weight is 376 g/mol. The lowest BCUT2D eigenvalue weighted by Gasteiger charge is -2.16. The molecule has 0 heterocycles. The summed E-state index contributed by atoms with van der Waals surface area (Å²) in [5, 5.41) is 2.78. The summed E-state index contributed by atoms with van der Waals surface area (Å²) in [5.41, 5.74) is 1.97. The molecule has 2 rings (SSSR count). The summed E-state index contributed by atoms with van der Waals surface area (Å²) in [6, 6.07) is 11.5. The van der Waals surface area contributed by atoms with E-state index in [4.69, 9.17) is 4.74 Å². The van der Waals surface area contributed by atoms with Gasteiger partial charge in [0.1, 0.15) is 0 Å². The van der Waals surface area contributed by atoms with Crippen molar-refractivity contribution in [2.24, 2.45) is 0 Å². The highest BCUT2D eigenvalue weighted by Gasteiger charge is 2.21. The molecule has 26 heavy (non-hydrogen) atoms. The molecular formula is C19H24N2O4S. The third-order valence-corrected chi connectivity index (χ3v) is 5.35. The molecule has 2 N–H and O–H groups in total. The number of nitrogens with one attached hydrogen (secondary N) is 2. The number of hydrogen-bond acceptors (Lipinski definition) is 4. The van der Waals surface area contributed by atoms with E-state index < -0.39 is 10.0 Å². The molecule has 140 valence electrons. The Balaban J connectivity index is 2.32. The van der Waals surface area contributed by atoms with E-state index in [-0.39, 0.29) is 28.1 Å². The number of amides is 1. The SMILES string of the molecule is COCC(C)NC(=O)c1ccccc1NS(=O)(=O)c1cc(C)ccc1C. The predicted molar refractivity (Wildman–Crippen MR) is 102 cm³/mol. The van der Waals surface area contributed by atoms with Crippen LogP contribution in [-0.2, 0) is 14.8 Å². The normalized spacial score (nSPS) is 12.5. The molecule has 0 aliphatic carbocycles. The standard InChI is InChI=1S/C19H24N2O4S/c1-13-9-10-14(2)18(11-13)26(23,24)21-17-8-6-5-7-16(17)19(22)20-15(3)12-25-4/h5-11,15,21H,12H2,1-4H3,(H,20,22). The van der Waals surface area contributed by atoms with Gasteiger partial charge in [0.05, 0.1) is 22.8 Å². The zero-order valence-electron chi connectivity index (χ0n) is 15.4. The first-order valence-corrected chi connectivity index (χ1v) is 9.72. The number of rotatable bonds is 7. The number of ether oxygens (including phenoxy) is 1. The van der Waals surface area contributed by atoms with E-state index >= 15 is 0 Å². The van der Waals surface area contributed by atoms with Crippen LogP contribution in [0.4, 0.5) is 5.69 Å². The van der Waals surface area contributed by atoms with Crippen LogP contribution < -0.4 is 10.0 Å². The van der Waals surface area contributed by atoms with Crippen molar-refractivity contribution < 1.29 is 17.9 Å². The quantitative estimate of drug-likeness (QED) is 0.778. The smallest absolute Gasteiger partial charge is 0.262 e. The van der Waals surface area contributed by atoms with Crippen LogP contribution in [-0.4, -0.2) is 34.1 Å². The average Bonchev–Trinajstić information content (AvgIpc) is 2.57. The van der Waals surface area contributed by atoms with Gasteiger partial charge in [-0.25, -0.2) is 8.42 Å². The summed E-state index contributed by atoms with van der Waals surface area (Å²) in [4.78, 5) is 12.7. The lowest BCUT2D eigenvalue weighted by atomic mass is 10.1. The van der Waals surface area contributed by atoms with E-state index in [2.05, 4.69) is 10.0 Å². The summed E-state index contributed by atoms with van der Waals surface area (Å²) >= 11 is 0. The molecule has 0 spiro atoms. The first-order chi connectivity index (χ1) is 12.2. The molecule has 0 aliphatic heterocycles. The van der Waals surface area contributed by atoms with Crippen LogP contribution in [0, 0.1) is 13.8 Å². The minimum atomic E-state index is -3.82. The predicted octanol–water partition coefficient (Wildman–Crippen LogP) is 2.87. The third kappa shape index (κ3) is 4.83. The Labute approximate surface area is 154 Å². The fourth-order valence-electron chi connectivity index (χ4n) is 2.56. The molecule has 0 bridgehead atoms. The second kappa shape index (κ2) is 8.33. The van der Waals surface area contributed by atoms with Crippen molar-refractivity contribution in [3.8, 4) is 0 Å². The van der Waals surface area contributed by atoms with Gasteiger partial charge in [-0.2, -0.15) is 0 Å². The summed E-state index contributed by atoms with van der Waals surface area (Å²) in [6.07, 6.45) is 0. The van der Waals surface area contributed by atoms with Crippen molar-refractivity contribution in [2.45, 2.75) is 31.7 Å². The third-order valence-electron chi connectivity index (χ3n) is 3.84. The van der Waals surface area contributed by atoms with Gasteiger partial charge in [-0.15, -0.1) is 0 Å². The number of carbonyl (C=O) groups excluding carboxylic acids is 1. The Kier molecular flexibility index (Phi) is 6.39. The monoisotopic (exact) mass is 376 g/mol. The second-order valence-corrected chi connectivity index (χ2v) is 7.90. The minimum Gasteiger partial charge on any atom is -0.383 e. The van der Waals surface area contributed by atoms with E-state index in [0.29, 0.717) is 12.2 Å². The van der Waals surface area contributed by atoms with E-state index in [1.165, 1.54) is 0 Å². The Hall–Kier alpha value is -2.38. The molecule has 0 saturated carbocycles. The highest BCUT2D eigenvalue weighted by atomic mass is 32.2. The van der Waals surface area contributed by atoms with Crippen LogP contribution in [0.15, 0.2) is 47.4 Å². The number of carbonyl (C=O) groups is 1. The van der Waals surface area contributed by atoms with Crippen LogP contribution in [0.3, 0.4) is 0 Å². The first-order valence-electron chi connectivity index (χ1n) is 8.23. The van der Waals surface area contributed by atoms with Crippen molar-refractivity contribution in [3.63, 3.8) is 0 Å². The minimum absolute atomic E-state index is 0.195. The van der Waals surface area contributed by atoms with Crippen molar-refractivity contribution in [3.05, 3.63) is 59.2 Å². The van der Waals surface area contributed by atoms with E-state index in [1.54, 1.807) is 50.4 Å². The molecular weight excluding hydrogens is 352 g/mol. The molecule has 6 nitrogen and oxygen atoms in total. The molecule has 2 aromatic rings. The molecule has 0 fully saturated rings. The molecule has 0 saturated heterocycles. The van der Waals surface area contributed by atoms with Crippen LogP contribution >= 0.6 is 0 Å². The Morgan fingerprint density at radius 2 is 1.85 bits per heavy atom. The maximum atomic E-state index is 12.8. The van der Waals surface area contributed by atoms with Gasteiger partial charge in [0.2, 0.25) is 0 Å². The van der Waals surface area contributed by atoms with Crippen LogP contribution in [0.25, 0.3) is 0 Å². The molecule has 0 radical (unpaired) electrons. The number of para-hydroxylation sites is 1. The topological polar surface area (TPSA) is 84.5 Å².